The van der Waals surface area contributed by atoms with Crippen molar-refractivity contribution in [2.24, 2.45) is 0 Å². The molecule has 0 bridgehead atoms. The van der Waals surface area contributed by atoms with Crippen LogP contribution in [0.15, 0.2) is 91.8 Å². The number of rotatable bonds is 6. The van der Waals surface area contributed by atoms with Crippen LogP contribution in [0.2, 0.25) is 0 Å². The Morgan fingerprint density at radius 1 is 1.03 bits per heavy atom. The van der Waals surface area contributed by atoms with E-state index < -0.39 is 21.6 Å². The number of aromatic nitrogens is 1. The topological polar surface area (TPSA) is 132 Å². The van der Waals surface area contributed by atoms with Gasteiger partial charge in [0.1, 0.15) is 16.1 Å². The van der Waals surface area contributed by atoms with Crippen LogP contribution in [0.25, 0.3) is 33.1 Å². The minimum atomic E-state index is -4.01. The molecular weight excluding hydrogens is 470 g/mol. The number of benzene rings is 2. The number of hydrogen-bond acceptors (Lipinski definition) is 7. The summed E-state index contributed by atoms with van der Waals surface area (Å²) < 4.78 is 35.7. The third-order valence-corrected chi connectivity index (χ3v) is 6.91. The number of sulfonamides is 1. The first-order valence-electron chi connectivity index (χ1n) is 10.6. The summed E-state index contributed by atoms with van der Waals surface area (Å²) in [5.41, 5.74) is 4.88. The number of hydrazine groups is 1. The standard InChI is InChI=1S/C25H19N3O6S/c1-15-18-10-20-21(16-6-3-2-4-7-16)14-33-22(20)12-23(18)34-25(30)19(15)11-24(29)27-28-35(31,32)17-8-5-9-26-13-17/h2-10,12-14,28H,11H2,1H3,(H,27,29). The second-order valence-corrected chi connectivity index (χ2v) is 9.55. The van der Waals surface area contributed by atoms with Crippen molar-refractivity contribution in [1.29, 1.82) is 0 Å². The van der Waals surface area contributed by atoms with Crippen molar-refractivity contribution in [3.05, 3.63) is 94.8 Å². The summed E-state index contributed by atoms with van der Waals surface area (Å²) in [6.07, 6.45) is 3.85. The lowest BCUT2D eigenvalue weighted by Crippen LogP contribution is -2.42. The third-order valence-electron chi connectivity index (χ3n) is 5.67. The second-order valence-electron chi connectivity index (χ2n) is 7.87. The summed E-state index contributed by atoms with van der Waals surface area (Å²) in [4.78, 5) is 30.8. The summed E-state index contributed by atoms with van der Waals surface area (Å²) >= 11 is 0. The van der Waals surface area contributed by atoms with E-state index in [0.29, 0.717) is 22.1 Å². The van der Waals surface area contributed by atoms with Crippen LogP contribution < -0.4 is 15.9 Å². The van der Waals surface area contributed by atoms with E-state index in [9.17, 15) is 18.0 Å². The molecule has 3 aromatic heterocycles. The Morgan fingerprint density at radius 2 is 1.83 bits per heavy atom. The largest absolute Gasteiger partial charge is 0.464 e. The molecule has 5 aromatic rings. The molecular formula is C25H19N3O6S. The molecule has 0 aliphatic heterocycles. The van der Waals surface area contributed by atoms with E-state index in [0.717, 1.165) is 22.7 Å². The fourth-order valence-electron chi connectivity index (χ4n) is 3.85. The number of nitrogens with zero attached hydrogens (tertiary/aromatic N) is 1. The molecule has 0 aliphatic rings. The molecule has 0 atom stereocenters. The molecule has 0 aliphatic carbocycles. The monoisotopic (exact) mass is 489 g/mol. The zero-order chi connectivity index (χ0) is 24.6. The highest BCUT2D eigenvalue weighted by atomic mass is 32.2. The van der Waals surface area contributed by atoms with Gasteiger partial charge in [-0.25, -0.2) is 13.2 Å². The smallest absolute Gasteiger partial charge is 0.340 e. The Hall–Kier alpha value is -4.28. The maximum atomic E-state index is 12.7. The molecule has 0 radical (unpaired) electrons. The number of fused-ring (bicyclic) bond motifs is 2. The highest BCUT2D eigenvalue weighted by Gasteiger charge is 2.19. The lowest BCUT2D eigenvalue weighted by Gasteiger charge is -2.10. The van der Waals surface area contributed by atoms with E-state index >= 15 is 0 Å². The van der Waals surface area contributed by atoms with Gasteiger partial charge in [0.25, 0.3) is 10.0 Å². The molecule has 0 saturated carbocycles. The lowest BCUT2D eigenvalue weighted by atomic mass is 9.99. The first-order chi connectivity index (χ1) is 16.8. The van der Waals surface area contributed by atoms with Gasteiger partial charge in [-0.1, -0.05) is 30.3 Å². The maximum absolute atomic E-state index is 12.7. The van der Waals surface area contributed by atoms with Crippen LogP contribution in [0.4, 0.5) is 0 Å². The van der Waals surface area contributed by atoms with Crippen LogP contribution in [0.5, 0.6) is 0 Å². The number of amides is 1. The molecule has 2 aromatic carbocycles. The van der Waals surface area contributed by atoms with Gasteiger partial charge < -0.3 is 8.83 Å². The fourth-order valence-corrected chi connectivity index (χ4v) is 4.67. The van der Waals surface area contributed by atoms with Gasteiger partial charge in [-0.2, -0.15) is 0 Å². The zero-order valence-corrected chi connectivity index (χ0v) is 19.3. The molecule has 3 heterocycles. The minimum Gasteiger partial charge on any atom is -0.464 e. The first kappa shape index (κ1) is 22.5. The summed E-state index contributed by atoms with van der Waals surface area (Å²) in [5, 5.41) is 1.48. The Kier molecular flexibility index (Phi) is 5.67. The number of carbonyl (C=O) groups is 1. The van der Waals surface area contributed by atoms with E-state index in [4.69, 9.17) is 8.83 Å². The molecule has 10 heteroatoms. The van der Waals surface area contributed by atoms with Crippen molar-refractivity contribution in [3.8, 4) is 11.1 Å². The van der Waals surface area contributed by atoms with Crippen LogP contribution in [0.3, 0.4) is 0 Å². The minimum absolute atomic E-state index is 0.111. The average Bonchev–Trinajstić information content (AvgIpc) is 3.28. The van der Waals surface area contributed by atoms with Crippen LogP contribution in [-0.4, -0.2) is 19.3 Å². The van der Waals surface area contributed by atoms with E-state index in [2.05, 4.69) is 10.4 Å². The number of hydrogen-bond donors (Lipinski definition) is 2. The molecule has 9 nitrogen and oxygen atoms in total. The lowest BCUT2D eigenvalue weighted by molar-refractivity contribution is -0.120. The van der Waals surface area contributed by atoms with Crippen LogP contribution >= 0.6 is 0 Å². The van der Waals surface area contributed by atoms with Crippen molar-refractivity contribution < 1.29 is 22.0 Å². The number of aryl methyl sites for hydroxylation is 1. The highest BCUT2D eigenvalue weighted by Crippen LogP contribution is 2.34. The predicted octanol–water partition coefficient (Wildman–Crippen LogP) is 3.46. The average molecular weight is 490 g/mol. The molecule has 1 amide bonds. The van der Waals surface area contributed by atoms with E-state index in [1.54, 1.807) is 19.3 Å². The van der Waals surface area contributed by atoms with Crippen molar-refractivity contribution in [1.82, 2.24) is 15.2 Å². The summed E-state index contributed by atoms with van der Waals surface area (Å²) in [5.74, 6) is -0.721. The molecule has 0 fully saturated rings. The molecule has 35 heavy (non-hydrogen) atoms. The molecule has 0 saturated heterocycles. The number of nitrogens with one attached hydrogen (secondary N) is 2. The Labute approximate surface area is 199 Å². The third kappa shape index (κ3) is 4.32. The van der Waals surface area contributed by atoms with Gasteiger partial charge in [0.15, 0.2) is 0 Å². The van der Waals surface area contributed by atoms with Gasteiger partial charge in [0.05, 0.1) is 18.2 Å². The number of pyridine rings is 1. The van der Waals surface area contributed by atoms with Gasteiger partial charge >= 0.3 is 5.63 Å². The molecule has 5 rings (SSSR count). The SMILES string of the molecule is Cc1c(CC(=O)NNS(=O)(=O)c2cccnc2)c(=O)oc2cc3occ(-c4ccccc4)c3cc12. The van der Waals surface area contributed by atoms with E-state index in [1.165, 1.54) is 18.3 Å². The van der Waals surface area contributed by atoms with E-state index in [-0.39, 0.29) is 16.9 Å². The molecule has 176 valence electrons. The predicted molar refractivity (Wildman–Crippen MR) is 129 cm³/mol. The molecule has 0 unspecified atom stereocenters. The normalized spacial score (nSPS) is 11.7. The Morgan fingerprint density at radius 3 is 2.57 bits per heavy atom. The first-order valence-corrected chi connectivity index (χ1v) is 12.1. The fraction of sp³-hybridized carbons (Fsp3) is 0.0800. The quantitative estimate of drug-likeness (QED) is 0.276. The van der Waals surface area contributed by atoms with Crippen LogP contribution in [0.1, 0.15) is 11.1 Å². The van der Waals surface area contributed by atoms with Crippen molar-refractivity contribution in [2.45, 2.75) is 18.2 Å². The van der Waals surface area contributed by atoms with Crippen molar-refractivity contribution in [3.63, 3.8) is 0 Å². The van der Waals surface area contributed by atoms with Gasteiger partial charge in [-0.3, -0.25) is 15.2 Å². The van der Waals surface area contributed by atoms with Crippen molar-refractivity contribution in [2.75, 3.05) is 0 Å². The van der Waals surface area contributed by atoms with Crippen LogP contribution in [0, 0.1) is 6.92 Å². The van der Waals surface area contributed by atoms with E-state index in [1.807, 2.05) is 41.2 Å². The maximum Gasteiger partial charge on any atom is 0.340 e. The summed E-state index contributed by atoms with van der Waals surface area (Å²) in [6.45, 7) is 1.72. The van der Waals surface area contributed by atoms with Crippen LogP contribution in [-0.2, 0) is 21.2 Å². The van der Waals surface area contributed by atoms with Gasteiger partial charge in [0, 0.05) is 34.8 Å². The van der Waals surface area contributed by atoms with Gasteiger partial charge in [-0.05, 0) is 36.2 Å². The van der Waals surface area contributed by atoms with Gasteiger partial charge in [-0.15, -0.1) is 4.83 Å². The summed E-state index contributed by atoms with van der Waals surface area (Å²) in [7, 11) is -4.01. The second kappa shape index (κ2) is 8.82. The summed E-state index contributed by atoms with van der Waals surface area (Å²) in [6, 6.07) is 16.0. The molecule has 0 spiro atoms. The van der Waals surface area contributed by atoms with Crippen molar-refractivity contribution >= 4 is 37.9 Å². The Bertz CT molecular complexity index is 1730. The molecule has 2 N–H and O–H groups in total. The van der Waals surface area contributed by atoms with Gasteiger partial charge in [0.2, 0.25) is 5.91 Å². The Balaban J connectivity index is 1.45. The number of furan rings is 1. The zero-order valence-electron chi connectivity index (χ0n) is 18.4. The highest BCUT2D eigenvalue weighted by molar-refractivity contribution is 7.89. The number of carbonyl (C=O) groups excluding carboxylic acids is 1.